The average Bonchev–Trinajstić information content (AvgIpc) is 2.38. The Morgan fingerprint density at radius 1 is 1.28 bits per heavy atom. The van der Waals surface area contributed by atoms with E-state index >= 15 is 0 Å². The zero-order valence-electron chi connectivity index (χ0n) is 10.7. The van der Waals surface area contributed by atoms with Crippen LogP contribution in [-0.2, 0) is 9.53 Å². The average molecular weight is 248 g/mol. The molecule has 4 nitrogen and oxygen atoms in total. The van der Waals surface area contributed by atoms with E-state index in [9.17, 15) is 4.79 Å². The summed E-state index contributed by atoms with van der Waals surface area (Å²) in [5.74, 6) is 0.0308. The lowest BCUT2D eigenvalue weighted by Gasteiger charge is -2.34. The molecule has 18 heavy (non-hydrogen) atoms. The van der Waals surface area contributed by atoms with Crippen LogP contribution >= 0.6 is 0 Å². The number of ether oxygens (including phenoxy) is 1. The van der Waals surface area contributed by atoms with Gasteiger partial charge in [0.15, 0.2) is 0 Å². The summed E-state index contributed by atoms with van der Waals surface area (Å²) >= 11 is 0. The fraction of sp³-hybridized carbons (Fsp3) is 0.500. The topological polar surface area (TPSA) is 50.4 Å². The number of rotatable bonds is 4. The van der Waals surface area contributed by atoms with Crippen LogP contribution in [-0.4, -0.2) is 31.2 Å². The number of hydrogen-bond acceptors (Lipinski definition) is 3. The zero-order chi connectivity index (χ0) is 12.8. The number of para-hydroxylation sites is 1. The molecule has 0 saturated carbocycles. The Kier molecular flexibility index (Phi) is 4.20. The van der Waals surface area contributed by atoms with Gasteiger partial charge in [-0.15, -0.1) is 0 Å². The van der Waals surface area contributed by atoms with Gasteiger partial charge in [0.1, 0.15) is 0 Å². The Morgan fingerprint density at radius 3 is 2.61 bits per heavy atom. The molecular formula is C14H20N2O2. The standard InChI is InChI=1S/C14H20N2O2/c1-14(7-9-18-10-8-14)16-13(17)11-15-12-5-3-2-4-6-12/h2-6,15H,7-11H2,1H3,(H,16,17). The normalized spacial score (nSPS) is 18.1. The van der Waals surface area contributed by atoms with Gasteiger partial charge in [0.25, 0.3) is 0 Å². The second kappa shape index (κ2) is 5.87. The second-order valence-corrected chi connectivity index (χ2v) is 4.94. The van der Waals surface area contributed by atoms with Crippen LogP contribution in [0.3, 0.4) is 0 Å². The maximum atomic E-state index is 11.9. The van der Waals surface area contributed by atoms with Crippen LogP contribution in [0.25, 0.3) is 0 Å². The molecule has 1 saturated heterocycles. The third kappa shape index (κ3) is 3.74. The van der Waals surface area contributed by atoms with Gasteiger partial charge in [0.2, 0.25) is 5.91 Å². The molecule has 1 fully saturated rings. The van der Waals surface area contributed by atoms with E-state index < -0.39 is 0 Å². The number of carbonyl (C=O) groups is 1. The van der Waals surface area contributed by atoms with Crippen molar-refractivity contribution in [3.8, 4) is 0 Å². The van der Waals surface area contributed by atoms with Crippen molar-refractivity contribution in [2.24, 2.45) is 0 Å². The van der Waals surface area contributed by atoms with Gasteiger partial charge in [-0.05, 0) is 31.9 Å². The molecule has 1 aliphatic rings. The van der Waals surface area contributed by atoms with Crippen molar-refractivity contribution in [3.63, 3.8) is 0 Å². The van der Waals surface area contributed by atoms with Crippen molar-refractivity contribution >= 4 is 11.6 Å². The summed E-state index contributed by atoms with van der Waals surface area (Å²) in [4.78, 5) is 11.9. The van der Waals surface area contributed by atoms with E-state index in [0.29, 0.717) is 6.54 Å². The second-order valence-electron chi connectivity index (χ2n) is 4.94. The zero-order valence-corrected chi connectivity index (χ0v) is 10.7. The van der Waals surface area contributed by atoms with Crippen molar-refractivity contribution in [1.29, 1.82) is 0 Å². The van der Waals surface area contributed by atoms with E-state index in [1.54, 1.807) is 0 Å². The molecule has 1 amide bonds. The summed E-state index contributed by atoms with van der Waals surface area (Å²) in [6, 6.07) is 9.74. The summed E-state index contributed by atoms with van der Waals surface area (Å²) in [5, 5.41) is 6.19. The molecule has 0 spiro atoms. The lowest BCUT2D eigenvalue weighted by molar-refractivity contribution is -0.122. The Bertz CT molecular complexity index is 386. The number of carbonyl (C=O) groups excluding carboxylic acids is 1. The fourth-order valence-electron chi connectivity index (χ4n) is 2.07. The molecule has 0 bridgehead atoms. The molecule has 0 aromatic heterocycles. The molecule has 2 N–H and O–H groups in total. The lowest BCUT2D eigenvalue weighted by atomic mass is 9.92. The van der Waals surface area contributed by atoms with E-state index in [1.807, 2.05) is 30.3 Å². The Morgan fingerprint density at radius 2 is 1.94 bits per heavy atom. The predicted molar refractivity (Wildman–Crippen MR) is 71.5 cm³/mol. The minimum atomic E-state index is -0.117. The van der Waals surface area contributed by atoms with Gasteiger partial charge in [0.05, 0.1) is 6.54 Å². The van der Waals surface area contributed by atoms with Crippen LogP contribution < -0.4 is 10.6 Å². The van der Waals surface area contributed by atoms with Crippen LogP contribution in [0.2, 0.25) is 0 Å². The number of nitrogens with one attached hydrogen (secondary N) is 2. The van der Waals surface area contributed by atoms with E-state index in [-0.39, 0.29) is 11.4 Å². The SMILES string of the molecule is CC1(NC(=O)CNc2ccccc2)CCOCC1. The van der Waals surface area contributed by atoms with Crippen molar-refractivity contribution in [2.45, 2.75) is 25.3 Å². The minimum Gasteiger partial charge on any atom is -0.381 e. The molecule has 4 heteroatoms. The predicted octanol–water partition coefficient (Wildman–Crippen LogP) is 1.78. The van der Waals surface area contributed by atoms with Gasteiger partial charge in [-0.1, -0.05) is 18.2 Å². The van der Waals surface area contributed by atoms with Gasteiger partial charge in [0, 0.05) is 24.4 Å². The van der Waals surface area contributed by atoms with Crippen LogP contribution in [0.15, 0.2) is 30.3 Å². The maximum absolute atomic E-state index is 11.9. The van der Waals surface area contributed by atoms with Gasteiger partial charge in [-0.2, -0.15) is 0 Å². The van der Waals surface area contributed by atoms with Crippen molar-refractivity contribution in [1.82, 2.24) is 5.32 Å². The highest BCUT2D eigenvalue weighted by Crippen LogP contribution is 2.19. The Hall–Kier alpha value is -1.55. The van der Waals surface area contributed by atoms with Crippen molar-refractivity contribution in [3.05, 3.63) is 30.3 Å². The van der Waals surface area contributed by atoms with E-state index in [4.69, 9.17) is 4.74 Å². The molecular weight excluding hydrogens is 228 g/mol. The van der Waals surface area contributed by atoms with E-state index in [0.717, 1.165) is 31.7 Å². The third-order valence-electron chi connectivity index (χ3n) is 3.26. The number of hydrogen-bond donors (Lipinski definition) is 2. The molecule has 0 radical (unpaired) electrons. The van der Waals surface area contributed by atoms with Crippen molar-refractivity contribution in [2.75, 3.05) is 25.1 Å². The summed E-state index contributed by atoms with van der Waals surface area (Å²) in [6.07, 6.45) is 1.76. The quantitative estimate of drug-likeness (QED) is 0.854. The summed E-state index contributed by atoms with van der Waals surface area (Å²) in [5.41, 5.74) is 0.845. The van der Waals surface area contributed by atoms with E-state index in [1.165, 1.54) is 0 Å². The highest BCUT2D eigenvalue weighted by Gasteiger charge is 2.28. The maximum Gasteiger partial charge on any atom is 0.239 e. The molecule has 98 valence electrons. The molecule has 2 rings (SSSR count). The Balaban J connectivity index is 1.78. The molecule has 0 aliphatic carbocycles. The molecule has 1 heterocycles. The highest BCUT2D eigenvalue weighted by molar-refractivity contribution is 5.81. The summed E-state index contributed by atoms with van der Waals surface area (Å²) < 4.78 is 5.31. The highest BCUT2D eigenvalue weighted by atomic mass is 16.5. The van der Waals surface area contributed by atoms with Gasteiger partial charge in [-0.3, -0.25) is 4.79 Å². The van der Waals surface area contributed by atoms with Gasteiger partial charge >= 0.3 is 0 Å². The van der Waals surface area contributed by atoms with Gasteiger partial charge in [-0.25, -0.2) is 0 Å². The number of benzene rings is 1. The van der Waals surface area contributed by atoms with Gasteiger partial charge < -0.3 is 15.4 Å². The van der Waals surface area contributed by atoms with Crippen LogP contribution in [0.1, 0.15) is 19.8 Å². The fourth-order valence-corrected chi connectivity index (χ4v) is 2.07. The molecule has 1 aliphatic heterocycles. The van der Waals surface area contributed by atoms with Crippen LogP contribution in [0, 0.1) is 0 Å². The first-order chi connectivity index (χ1) is 8.68. The summed E-state index contributed by atoms with van der Waals surface area (Å²) in [6.45, 7) is 3.84. The summed E-state index contributed by atoms with van der Waals surface area (Å²) in [7, 11) is 0. The first kappa shape index (κ1) is 12.9. The van der Waals surface area contributed by atoms with Crippen molar-refractivity contribution < 1.29 is 9.53 Å². The van der Waals surface area contributed by atoms with E-state index in [2.05, 4.69) is 17.6 Å². The molecule has 1 aromatic rings. The van der Waals surface area contributed by atoms with Crippen LogP contribution in [0.4, 0.5) is 5.69 Å². The third-order valence-corrected chi connectivity index (χ3v) is 3.26. The minimum absolute atomic E-state index is 0.0308. The monoisotopic (exact) mass is 248 g/mol. The molecule has 1 aromatic carbocycles. The number of anilines is 1. The smallest absolute Gasteiger partial charge is 0.239 e. The molecule has 0 atom stereocenters. The lowest BCUT2D eigenvalue weighted by Crippen LogP contribution is -2.51. The number of amides is 1. The Labute approximate surface area is 108 Å². The first-order valence-electron chi connectivity index (χ1n) is 6.36. The largest absolute Gasteiger partial charge is 0.381 e. The first-order valence-corrected chi connectivity index (χ1v) is 6.36. The molecule has 0 unspecified atom stereocenters. The van der Waals surface area contributed by atoms with Crippen LogP contribution in [0.5, 0.6) is 0 Å².